The molecule has 0 aliphatic heterocycles. The number of hydrogen-bond donors (Lipinski definition) is 1. The quantitative estimate of drug-likeness (QED) is 0.690. The lowest BCUT2D eigenvalue weighted by molar-refractivity contribution is 0.353. The zero-order valence-corrected chi connectivity index (χ0v) is 7.08. The van der Waals surface area contributed by atoms with Crippen LogP contribution in [0.2, 0.25) is 0 Å². The lowest BCUT2D eigenvalue weighted by atomic mass is 10.4. The smallest absolute Gasteiger partial charge is 0.166 e. The van der Waals surface area contributed by atoms with Crippen molar-refractivity contribution in [1.29, 1.82) is 0 Å². The molecule has 0 fully saturated rings. The Morgan fingerprint density at radius 1 is 1.75 bits per heavy atom. The number of anilines is 1. The van der Waals surface area contributed by atoms with Crippen LogP contribution in [-0.4, -0.2) is 11.6 Å². The largest absolute Gasteiger partial charge is 0.485 e. The van der Waals surface area contributed by atoms with Crippen molar-refractivity contribution < 1.29 is 4.74 Å². The predicted molar refractivity (Wildman–Crippen MR) is 49.0 cm³/mol. The van der Waals surface area contributed by atoms with E-state index in [1.165, 1.54) is 0 Å². The molecule has 12 heavy (non-hydrogen) atoms. The molecule has 1 aromatic rings. The summed E-state index contributed by atoms with van der Waals surface area (Å²) in [5.41, 5.74) is 6.50. The molecule has 0 bridgehead atoms. The third-order valence-electron chi connectivity index (χ3n) is 1.27. The van der Waals surface area contributed by atoms with Crippen LogP contribution in [0.5, 0.6) is 5.75 Å². The van der Waals surface area contributed by atoms with Gasteiger partial charge in [-0.2, -0.15) is 0 Å². The van der Waals surface area contributed by atoms with E-state index in [1.807, 2.05) is 6.92 Å². The molecule has 0 atom stereocenters. The fraction of sp³-hybridized carbons (Fsp3) is 0.222. The number of rotatable bonds is 3. The monoisotopic (exact) mass is 164 g/mol. The van der Waals surface area contributed by atoms with E-state index in [0.29, 0.717) is 18.2 Å². The molecule has 1 heterocycles. The highest BCUT2D eigenvalue weighted by Gasteiger charge is 1.98. The Bertz CT molecular complexity index is 284. The molecule has 1 rings (SSSR count). The molecule has 0 spiro atoms. The van der Waals surface area contributed by atoms with Gasteiger partial charge in [0.15, 0.2) is 11.6 Å². The lowest BCUT2D eigenvalue weighted by Crippen LogP contribution is -2.01. The van der Waals surface area contributed by atoms with Crippen molar-refractivity contribution in [2.75, 3.05) is 12.3 Å². The van der Waals surface area contributed by atoms with E-state index in [2.05, 4.69) is 11.6 Å². The van der Waals surface area contributed by atoms with Crippen molar-refractivity contribution in [1.82, 2.24) is 4.98 Å². The minimum absolute atomic E-state index is 0.416. The van der Waals surface area contributed by atoms with E-state index in [1.54, 1.807) is 18.3 Å². The Labute approximate surface area is 71.9 Å². The molecule has 0 saturated heterocycles. The number of hydrogen-bond acceptors (Lipinski definition) is 3. The molecule has 64 valence electrons. The van der Waals surface area contributed by atoms with Gasteiger partial charge in [0.25, 0.3) is 0 Å². The molecule has 0 aromatic carbocycles. The van der Waals surface area contributed by atoms with Gasteiger partial charge in [-0.3, -0.25) is 0 Å². The Balaban J connectivity index is 2.63. The summed E-state index contributed by atoms with van der Waals surface area (Å²) in [6.45, 7) is 6.09. The van der Waals surface area contributed by atoms with Crippen LogP contribution in [0.4, 0.5) is 5.82 Å². The maximum absolute atomic E-state index is 5.54. The minimum Gasteiger partial charge on any atom is -0.485 e. The third kappa shape index (κ3) is 2.27. The second kappa shape index (κ2) is 3.76. The Kier molecular flexibility index (Phi) is 2.69. The molecule has 0 amide bonds. The summed E-state index contributed by atoms with van der Waals surface area (Å²) in [6, 6.07) is 3.56. The molecule has 0 saturated carbocycles. The van der Waals surface area contributed by atoms with Crippen molar-refractivity contribution >= 4 is 5.82 Å². The van der Waals surface area contributed by atoms with Gasteiger partial charge in [-0.05, 0) is 24.6 Å². The molecule has 1 aromatic heterocycles. The van der Waals surface area contributed by atoms with Gasteiger partial charge in [0.1, 0.15) is 6.61 Å². The van der Waals surface area contributed by atoms with E-state index < -0.39 is 0 Å². The first-order valence-corrected chi connectivity index (χ1v) is 3.68. The molecule has 3 nitrogen and oxygen atoms in total. The van der Waals surface area contributed by atoms with Gasteiger partial charge in [-0.1, -0.05) is 6.58 Å². The zero-order valence-electron chi connectivity index (χ0n) is 7.08. The summed E-state index contributed by atoms with van der Waals surface area (Å²) in [4.78, 5) is 3.88. The van der Waals surface area contributed by atoms with Gasteiger partial charge >= 0.3 is 0 Å². The fourth-order valence-electron chi connectivity index (χ4n) is 0.726. The van der Waals surface area contributed by atoms with Crippen molar-refractivity contribution in [2.24, 2.45) is 0 Å². The Morgan fingerprint density at radius 2 is 2.50 bits per heavy atom. The van der Waals surface area contributed by atoms with Crippen LogP contribution in [0, 0.1) is 0 Å². The first kappa shape index (κ1) is 8.59. The summed E-state index contributed by atoms with van der Waals surface area (Å²) >= 11 is 0. The van der Waals surface area contributed by atoms with Crippen LogP contribution >= 0.6 is 0 Å². The van der Waals surface area contributed by atoms with Crippen molar-refractivity contribution in [2.45, 2.75) is 6.92 Å². The summed E-state index contributed by atoms with van der Waals surface area (Å²) in [7, 11) is 0. The van der Waals surface area contributed by atoms with E-state index >= 15 is 0 Å². The highest BCUT2D eigenvalue weighted by molar-refractivity contribution is 5.44. The molecular formula is C9H12N2O. The lowest BCUT2D eigenvalue weighted by Gasteiger charge is -2.06. The van der Waals surface area contributed by atoms with E-state index in [9.17, 15) is 0 Å². The van der Waals surface area contributed by atoms with Gasteiger partial charge in [-0.15, -0.1) is 0 Å². The molecule has 0 aliphatic rings. The van der Waals surface area contributed by atoms with Crippen LogP contribution in [0.1, 0.15) is 6.92 Å². The zero-order chi connectivity index (χ0) is 8.97. The third-order valence-corrected chi connectivity index (χ3v) is 1.27. The van der Waals surface area contributed by atoms with Crippen molar-refractivity contribution in [3.05, 3.63) is 30.5 Å². The fourth-order valence-corrected chi connectivity index (χ4v) is 0.726. The van der Waals surface area contributed by atoms with Crippen molar-refractivity contribution in [3.63, 3.8) is 0 Å². The molecule has 0 unspecified atom stereocenters. The van der Waals surface area contributed by atoms with Gasteiger partial charge in [0.05, 0.1) is 0 Å². The Morgan fingerprint density at radius 3 is 3.08 bits per heavy atom. The van der Waals surface area contributed by atoms with Crippen molar-refractivity contribution in [3.8, 4) is 5.75 Å². The highest BCUT2D eigenvalue weighted by atomic mass is 16.5. The van der Waals surface area contributed by atoms with E-state index in [4.69, 9.17) is 10.5 Å². The molecule has 0 aliphatic carbocycles. The average Bonchev–Trinajstić information content (AvgIpc) is 2.03. The van der Waals surface area contributed by atoms with Crippen LogP contribution < -0.4 is 10.5 Å². The molecule has 0 radical (unpaired) electrons. The maximum Gasteiger partial charge on any atom is 0.166 e. The van der Waals surface area contributed by atoms with Crippen LogP contribution in [0.15, 0.2) is 30.5 Å². The number of aromatic nitrogens is 1. The number of pyridine rings is 1. The molecule has 3 heteroatoms. The van der Waals surface area contributed by atoms with E-state index in [-0.39, 0.29) is 0 Å². The highest BCUT2D eigenvalue weighted by Crippen LogP contribution is 2.16. The first-order valence-electron chi connectivity index (χ1n) is 3.68. The predicted octanol–water partition coefficient (Wildman–Crippen LogP) is 1.62. The molecule has 2 N–H and O–H groups in total. The average molecular weight is 164 g/mol. The number of nitrogen functional groups attached to an aromatic ring is 1. The number of ether oxygens (including phenoxy) is 1. The minimum atomic E-state index is 0.416. The second-order valence-electron chi connectivity index (χ2n) is 2.63. The topological polar surface area (TPSA) is 48.1 Å². The van der Waals surface area contributed by atoms with Crippen LogP contribution in [0.25, 0.3) is 0 Å². The number of nitrogens with zero attached hydrogens (tertiary/aromatic N) is 1. The van der Waals surface area contributed by atoms with Gasteiger partial charge in [0.2, 0.25) is 0 Å². The second-order valence-corrected chi connectivity index (χ2v) is 2.63. The molecular weight excluding hydrogens is 152 g/mol. The van der Waals surface area contributed by atoms with Gasteiger partial charge < -0.3 is 10.5 Å². The SMILES string of the molecule is C=C(C)COc1cccnc1N. The normalized spacial score (nSPS) is 9.42. The summed E-state index contributed by atoms with van der Waals surface area (Å²) in [5, 5.41) is 0. The first-order chi connectivity index (χ1) is 5.70. The summed E-state index contributed by atoms with van der Waals surface area (Å²) in [5.74, 6) is 1.03. The van der Waals surface area contributed by atoms with E-state index in [0.717, 1.165) is 5.57 Å². The standard InChI is InChI=1S/C9H12N2O/c1-7(2)6-12-8-4-3-5-11-9(8)10/h3-5H,1,6H2,2H3,(H2,10,11). The van der Waals surface area contributed by atoms with Gasteiger partial charge in [0, 0.05) is 6.20 Å². The summed E-state index contributed by atoms with van der Waals surface area (Å²) < 4.78 is 5.31. The van der Waals surface area contributed by atoms with Gasteiger partial charge in [-0.25, -0.2) is 4.98 Å². The summed E-state index contributed by atoms with van der Waals surface area (Å²) in [6.07, 6.45) is 1.63. The van der Waals surface area contributed by atoms with Crippen LogP contribution in [0.3, 0.4) is 0 Å². The Hall–Kier alpha value is -1.51. The van der Waals surface area contributed by atoms with Crippen LogP contribution in [-0.2, 0) is 0 Å². The maximum atomic E-state index is 5.54. The number of nitrogens with two attached hydrogens (primary N) is 1.